The number of aliphatic hydroxyl groups is 4. The summed E-state index contributed by atoms with van der Waals surface area (Å²) in [6.45, 7) is 0. The molecule has 100 valence electrons. The molecule has 0 saturated heterocycles. The Morgan fingerprint density at radius 1 is 0.882 bits per heavy atom. The molecule has 0 aliphatic rings. The number of aliphatic hydroxyl groups excluding tert-OH is 4. The number of aldehydes is 1. The van der Waals surface area contributed by atoms with E-state index in [4.69, 9.17) is 40.5 Å². The van der Waals surface area contributed by atoms with Gasteiger partial charge in [-0.1, -0.05) is 0 Å². The molecule has 0 aromatic heterocycles. The van der Waals surface area contributed by atoms with Gasteiger partial charge in [-0.2, -0.15) is 0 Å². The maximum atomic E-state index is 10.1. The van der Waals surface area contributed by atoms with Crippen LogP contribution >= 0.6 is 0 Å². The second-order valence-corrected chi connectivity index (χ2v) is 2.67. The van der Waals surface area contributed by atoms with Gasteiger partial charge in [-0.05, 0) is 0 Å². The molecule has 0 saturated carbocycles. The first-order chi connectivity index (χ1) is 7.64. The standard InChI is InChI=1S/C6H10O7.CH2O3/c7-1-2(8)3(9)4(10)5(11)6(12)13;2-1(3)4/h1-5,8-11H,(H,12,13);(H2,2,3,4)/t2-,3+,4-,5-;/m0./s1. The van der Waals surface area contributed by atoms with Crippen LogP contribution in [-0.2, 0) is 9.59 Å². The Morgan fingerprint density at radius 2 is 1.24 bits per heavy atom. The topological polar surface area (TPSA) is 193 Å². The van der Waals surface area contributed by atoms with Crippen LogP contribution in [0.3, 0.4) is 0 Å². The normalized spacial score (nSPS) is 16.7. The van der Waals surface area contributed by atoms with Crippen molar-refractivity contribution < 1.29 is 50.1 Å². The molecule has 0 aromatic rings. The summed E-state index contributed by atoms with van der Waals surface area (Å²) in [4.78, 5) is 28.5. The van der Waals surface area contributed by atoms with E-state index in [1.807, 2.05) is 0 Å². The maximum absolute atomic E-state index is 10.1. The smallest absolute Gasteiger partial charge is 0.479 e. The lowest BCUT2D eigenvalue weighted by Gasteiger charge is -2.21. The number of carbonyl (C=O) groups excluding carboxylic acids is 1. The Bertz CT molecular complexity index is 259. The zero-order valence-electron chi connectivity index (χ0n) is 8.24. The van der Waals surface area contributed by atoms with Crippen LogP contribution in [0.5, 0.6) is 0 Å². The fraction of sp³-hybridized carbons (Fsp3) is 0.571. The highest BCUT2D eigenvalue weighted by atomic mass is 16.6. The van der Waals surface area contributed by atoms with Gasteiger partial charge >= 0.3 is 12.1 Å². The molecule has 0 aromatic carbocycles. The third-order valence-corrected chi connectivity index (χ3v) is 1.42. The molecule has 0 heterocycles. The monoisotopic (exact) mass is 256 g/mol. The lowest BCUT2D eigenvalue weighted by atomic mass is 10.0. The molecule has 0 bridgehead atoms. The van der Waals surface area contributed by atoms with Crippen LogP contribution in [0.4, 0.5) is 4.79 Å². The van der Waals surface area contributed by atoms with Crippen molar-refractivity contribution in [2.75, 3.05) is 0 Å². The molecule has 4 atom stereocenters. The number of rotatable bonds is 5. The second-order valence-electron chi connectivity index (χ2n) is 2.67. The quantitative estimate of drug-likeness (QED) is 0.248. The predicted molar refractivity (Wildman–Crippen MR) is 48.4 cm³/mol. The molecule has 10 nitrogen and oxygen atoms in total. The van der Waals surface area contributed by atoms with Crippen molar-refractivity contribution in [3.63, 3.8) is 0 Å². The van der Waals surface area contributed by atoms with Crippen molar-refractivity contribution in [1.82, 2.24) is 0 Å². The number of hydrogen-bond donors (Lipinski definition) is 7. The lowest BCUT2D eigenvalue weighted by Crippen LogP contribution is -2.48. The molecular weight excluding hydrogens is 244 g/mol. The number of carboxylic acids is 1. The Labute approximate surface area is 94.0 Å². The van der Waals surface area contributed by atoms with Crippen LogP contribution in [-0.4, -0.2) is 78.6 Å². The summed E-state index contributed by atoms with van der Waals surface area (Å²) in [5, 5.41) is 57.1. The van der Waals surface area contributed by atoms with Crippen molar-refractivity contribution >= 4 is 18.4 Å². The SMILES string of the molecule is O=C(O)O.O=C[C@H](O)[C@@H](O)[C@H](O)[C@H](O)C(=O)O. The average molecular weight is 256 g/mol. The molecule has 10 heteroatoms. The molecule has 0 rings (SSSR count). The minimum Gasteiger partial charge on any atom is -0.479 e. The molecule has 0 radical (unpaired) electrons. The second kappa shape index (κ2) is 8.41. The third-order valence-electron chi connectivity index (χ3n) is 1.42. The van der Waals surface area contributed by atoms with Crippen LogP contribution in [0, 0.1) is 0 Å². The van der Waals surface area contributed by atoms with E-state index >= 15 is 0 Å². The molecule has 0 aliphatic carbocycles. The number of carbonyl (C=O) groups is 3. The van der Waals surface area contributed by atoms with Gasteiger partial charge in [0.05, 0.1) is 0 Å². The minimum absolute atomic E-state index is 0.0809. The van der Waals surface area contributed by atoms with E-state index in [1.54, 1.807) is 0 Å². The first kappa shape index (κ1) is 17.6. The van der Waals surface area contributed by atoms with Crippen LogP contribution in [0.2, 0.25) is 0 Å². The minimum atomic E-state index is -2.25. The van der Waals surface area contributed by atoms with Crippen molar-refractivity contribution in [3.8, 4) is 0 Å². The van der Waals surface area contributed by atoms with Crippen molar-refractivity contribution in [2.24, 2.45) is 0 Å². The fourth-order valence-corrected chi connectivity index (χ4v) is 0.615. The molecule has 0 spiro atoms. The molecule has 0 fully saturated rings. The van der Waals surface area contributed by atoms with Crippen LogP contribution < -0.4 is 0 Å². The number of hydrogen-bond acceptors (Lipinski definition) is 7. The van der Waals surface area contributed by atoms with Gasteiger partial charge in [0.25, 0.3) is 0 Å². The largest absolute Gasteiger partial charge is 0.503 e. The Balaban J connectivity index is 0. The zero-order valence-corrected chi connectivity index (χ0v) is 8.24. The van der Waals surface area contributed by atoms with E-state index in [-0.39, 0.29) is 6.29 Å². The van der Waals surface area contributed by atoms with Gasteiger partial charge in [-0.3, -0.25) is 0 Å². The van der Waals surface area contributed by atoms with E-state index in [0.717, 1.165) is 0 Å². The van der Waals surface area contributed by atoms with E-state index in [2.05, 4.69) is 0 Å². The van der Waals surface area contributed by atoms with Gasteiger partial charge in [-0.25, -0.2) is 9.59 Å². The van der Waals surface area contributed by atoms with E-state index in [9.17, 15) is 9.59 Å². The highest BCUT2D eigenvalue weighted by Gasteiger charge is 2.33. The van der Waals surface area contributed by atoms with E-state index < -0.39 is 36.5 Å². The highest BCUT2D eigenvalue weighted by molar-refractivity contribution is 5.73. The van der Waals surface area contributed by atoms with Crippen LogP contribution in [0.15, 0.2) is 0 Å². The summed E-state index contributed by atoms with van der Waals surface area (Å²) in [6.07, 6.45) is -10.2. The maximum Gasteiger partial charge on any atom is 0.503 e. The average Bonchev–Trinajstić information content (AvgIpc) is 2.23. The Kier molecular flexibility index (Phi) is 8.72. The van der Waals surface area contributed by atoms with Gasteiger partial charge in [-0.15, -0.1) is 0 Å². The molecule has 17 heavy (non-hydrogen) atoms. The fourth-order valence-electron chi connectivity index (χ4n) is 0.615. The van der Waals surface area contributed by atoms with Gasteiger partial charge in [0.1, 0.15) is 18.3 Å². The van der Waals surface area contributed by atoms with E-state index in [0.29, 0.717) is 0 Å². The Hall–Kier alpha value is -1.75. The summed E-state index contributed by atoms with van der Waals surface area (Å²) in [5.41, 5.74) is 0. The summed E-state index contributed by atoms with van der Waals surface area (Å²) in [5.74, 6) is -1.76. The van der Waals surface area contributed by atoms with Crippen LogP contribution in [0.25, 0.3) is 0 Å². The molecule has 7 N–H and O–H groups in total. The summed E-state index contributed by atoms with van der Waals surface area (Å²) >= 11 is 0. The molecule has 0 unspecified atom stereocenters. The third kappa shape index (κ3) is 8.10. The first-order valence-corrected chi connectivity index (χ1v) is 3.97. The predicted octanol–water partition coefficient (Wildman–Crippen LogP) is -3.06. The zero-order chi connectivity index (χ0) is 14.2. The van der Waals surface area contributed by atoms with Gasteiger partial charge in [0.2, 0.25) is 0 Å². The summed E-state index contributed by atoms with van der Waals surface area (Å²) in [7, 11) is 0. The summed E-state index contributed by atoms with van der Waals surface area (Å²) < 4.78 is 0. The van der Waals surface area contributed by atoms with Gasteiger partial charge in [0, 0.05) is 0 Å². The highest BCUT2D eigenvalue weighted by Crippen LogP contribution is 2.03. The molecule has 0 aliphatic heterocycles. The summed E-state index contributed by atoms with van der Waals surface area (Å²) in [6, 6.07) is 0. The Morgan fingerprint density at radius 3 is 1.47 bits per heavy atom. The van der Waals surface area contributed by atoms with Crippen molar-refractivity contribution in [3.05, 3.63) is 0 Å². The first-order valence-electron chi connectivity index (χ1n) is 3.97. The molecule has 0 amide bonds. The molecular formula is C7H12O10. The van der Waals surface area contributed by atoms with E-state index in [1.165, 1.54) is 0 Å². The van der Waals surface area contributed by atoms with Crippen molar-refractivity contribution in [1.29, 1.82) is 0 Å². The van der Waals surface area contributed by atoms with Gasteiger partial charge in [0.15, 0.2) is 12.4 Å². The number of aliphatic carboxylic acids is 1. The van der Waals surface area contributed by atoms with Crippen molar-refractivity contribution in [2.45, 2.75) is 24.4 Å². The lowest BCUT2D eigenvalue weighted by molar-refractivity contribution is -0.163. The van der Waals surface area contributed by atoms with Gasteiger partial charge < -0.3 is 40.5 Å². The number of carboxylic acid groups (broad SMARTS) is 3. The van der Waals surface area contributed by atoms with Crippen LogP contribution in [0.1, 0.15) is 0 Å².